The molecule has 4 aromatic rings. The van der Waals surface area contributed by atoms with Crippen LogP contribution in [-0.4, -0.2) is 22.7 Å². The highest BCUT2D eigenvalue weighted by Crippen LogP contribution is 2.22. The van der Waals surface area contributed by atoms with Gasteiger partial charge in [0.15, 0.2) is 0 Å². The van der Waals surface area contributed by atoms with Gasteiger partial charge >= 0.3 is 11.7 Å². The van der Waals surface area contributed by atoms with E-state index in [4.69, 9.17) is 4.74 Å². The SMILES string of the molecule is COc1cccc(Cn2c(NC(=O)Nc3cccc(C)c3)c3ccccc3nc2=O)c1. The van der Waals surface area contributed by atoms with Crippen molar-refractivity contribution in [3.05, 3.63) is 94.4 Å². The van der Waals surface area contributed by atoms with Gasteiger partial charge in [0, 0.05) is 11.1 Å². The number of rotatable bonds is 5. The lowest BCUT2D eigenvalue weighted by molar-refractivity contribution is 0.262. The van der Waals surface area contributed by atoms with Gasteiger partial charge < -0.3 is 10.1 Å². The van der Waals surface area contributed by atoms with Crippen LogP contribution in [0, 0.1) is 6.92 Å². The Hall–Kier alpha value is -4.13. The smallest absolute Gasteiger partial charge is 0.350 e. The minimum absolute atomic E-state index is 0.230. The number of para-hydroxylation sites is 1. The summed E-state index contributed by atoms with van der Waals surface area (Å²) in [5, 5.41) is 6.34. The van der Waals surface area contributed by atoms with Gasteiger partial charge in [0.1, 0.15) is 11.6 Å². The zero-order valence-corrected chi connectivity index (χ0v) is 17.3. The first kappa shape index (κ1) is 20.2. The van der Waals surface area contributed by atoms with Crippen LogP contribution in [0.25, 0.3) is 10.9 Å². The maximum absolute atomic E-state index is 12.8. The second-order valence-corrected chi connectivity index (χ2v) is 7.15. The van der Waals surface area contributed by atoms with Gasteiger partial charge in [0.05, 0.1) is 19.2 Å². The summed E-state index contributed by atoms with van der Waals surface area (Å²) < 4.78 is 6.73. The van der Waals surface area contributed by atoms with Crippen molar-refractivity contribution in [1.29, 1.82) is 0 Å². The summed E-state index contributed by atoms with van der Waals surface area (Å²) in [5.41, 5.74) is 2.60. The second kappa shape index (κ2) is 8.71. The lowest BCUT2D eigenvalue weighted by atomic mass is 10.2. The molecule has 0 unspecified atom stereocenters. The summed E-state index contributed by atoms with van der Waals surface area (Å²) >= 11 is 0. The van der Waals surface area contributed by atoms with Crippen molar-refractivity contribution in [2.24, 2.45) is 0 Å². The fourth-order valence-electron chi connectivity index (χ4n) is 3.40. The number of carbonyl (C=O) groups excluding carboxylic acids is 1. The molecule has 7 nitrogen and oxygen atoms in total. The summed E-state index contributed by atoms with van der Waals surface area (Å²) in [6, 6.07) is 21.7. The first-order valence-corrected chi connectivity index (χ1v) is 9.80. The number of amides is 2. The van der Waals surface area contributed by atoms with E-state index in [0.29, 0.717) is 28.2 Å². The topological polar surface area (TPSA) is 85.2 Å². The summed E-state index contributed by atoms with van der Waals surface area (Å²) in [6.45, 7) is 2.18. The van der Waals surface area contributed by atoms with Crippen LogP contribution in [0.5, 0.6) is 5.75 Å². The number of aromatic nitrogens is 2. The van der Waals surface area contributed by atoms with Gasteiger partial charge in [-0.05, 0) is 54.4 Å². The van der Waals surface area contributed by atoms with Crippen molar-refractivity contribution >= 4 is 28.4 Å². The van der Waals surface area contributed by atoms with Crippen LogP contribution in [-0.2, 0) is 6.54 Å². The number of ether oxygens (including phenoxy) is 1. The molecule has 3 aromatic carbocycles. The zero-order valence-electron chi connectivity index (χ0n) is 17.3. The average molecular weight is 414 g/mol. The average Bonchev–Trinajstić information content (AvgIpc) is 2.76. The van der Waals surface area contributed by atoms with Gasteiger partial charge in [-0.2, -0.15) is 4.98 Å². The van der Waals surface area contributed by atoms with Crippen LogP contribution < -0.4 is 21.1 Å². The fraction of sp³-hybridized carbons (Fsp3) is 0.125. The van der Waals surface area contributed by atoms with Crippen molar-refractivity contribution in [2.45, 2.75) is 13.5 Å². The van der Waals surface area contributed by atoms with E-state index >= 15 is 0 Å². The molecule has 0 aliphatic heterocycles. The minimum atomic E-state index is -0.452. The molecule has 0 saturated carbocycles. The number of hydrogen-bond acceptors (Lipinski definition) is 4. The van der Waals surface area contributed by atoms with E-state index in [1.165, 1.54) is 4.57 Å². The third-order valence-electron chi connectivity index (χ3n) is 4.86. The van der Waals surface area contributed by atoms with E-state index in [9.17, 15) is 9.59 Å². The Labute approximate surface area is 179 Å². The first-order chi connectivity index (χ1) is 15.0. The molecule has 0 atom stereocenters. The fourth-order valence-corrected chi connectivity index (χ4v) is 3.40. The van der Waals surface area contributed by atoms with Gasteiger partial charge in [0.2, 0.25) is 0 Å². The Morgan fingerprint density at radius 2 is 1.81 bits per heavy atom. The number of carbonyl (C=O) groups is 1. The molecule has 0 saturated heterocycles. The predicted octanol–water partition coefficient (Wildman–Crippen LogP) is 4.41. The molecule has 2 N–H and O–H groups in total. The molecule has 0 aliphatic rings. The van der Waals surface area contributed by atoms with Crippen LogP contribution in [0.3, 0.4) is 0 Å². The number of fused-ring (bicyclic) bond motifs is 1. The molecule has 31 heavy (non-hydrogen) atoms. The van der Waals surface area contributed by atoms with E-state index in [1.54, 1.807) is 25.3 Å². The van der Waals surface area contributed by atoms with Crippen molar-refractivity contribution in [3.63, 3.8) is 0 Å². The summed E-state index contributed by atoms with van der Waals surface area (Å²) in [4.78, 5) is 29.8. The Bertz CT molecular complexity index is 1310. The van der Waals surface area contributed by atoms with E-state index in [0.717, 1.165) is 11.1 Å². The molecule has 156 valence electrons. The number of aryl methyl sites for hydroxylation is 1. The van der Waals surface area contributed by atoms with Gasteiger partial charge in [-0.3, -0.25) is 9.88 Å². The van der Waals surface area contributed by atoms with Crippen LogP contribution >= 0.6 is 0 Å². The quantitative estimate of drug-likeness (QED) is 0.507. The van der Waals surface area contributed by atoms with Gasteiger partial charge in [-0.1, -0.05) is 36.4 Å². The predicted molar refractivity (Wildman–Crippen MR) is 122 cm³/mol. The van der Waals surface area contributed by atoms with Gasteiger partial charge in [-0.15, -0.1) is 0 Å². The highest BCUT2D eigenvalue weighted by molar-refractivity contribution is 6.04. The van der Waals surface area contributed by atoms with Crippen molar-refractivity contribution in [3.8, 4) is 5.75 Å². The zero-order chi connectivity index (χ0) is 21.8. The molecule has 0 radical (unpaired) electrons. The van der Waals surface area contributed by atoms with Crippen molar-refractivity contribution in [1.82, 2.24) is 9.55 Å². The van der Waals surface area contributed by atoms with Gasteiger partial charge in [0.25, 0.3) is 0 Å². The summed E-state index contributed by atoms with van der Waals surface area (Å²) in [5.74, 6) is 1.06. The molecule has 0 aliphatic carbocycles. The highest BCUT2D eigenvalue weighted by atomic mass is 16.5. The molecular formula is C24H22N4O3. The highest BCUT2D eigenvalue weighted by Gasteiger charge is 2.15. The number of urea groups is 1. The van der Waals surface area contributed by atoms with E-state index in [1.807, 2.05) is 61.5 Å². The number of methoxy groups -OCH3 is 1. The van der Waals surface area contributed by atoms with Crippen LogP contribution in [0.2, 0.25) is 0 Å². The number of nitrogens with one attached hydrogen (secondary N) is 2. The molecule has 4 rings (SSSR count). The van der Waals surface area contributed by atoms with Crippen molar-refractivity contribution < 1.29 is 9.53 Å². The molecule has 0 bridgehead atoms. The minimum Gasteiger partial charge on any atom is -0.497 e. The normalized spacial score (nSPS) is 10.6. The number of benzene rings is 3. The Morgan fingerprint density at radius 1 is 1.00 bits per heavy atom. The van der Waals surface area contributed by atoms with Crippen LogP contribution in [0.15, 0.2) is 77.6 Å². The van der Waals surface area contributed by atoms with Crippen LogP contribution in [0.4, 0.5) is 16.3 Å². The van der Waals surface area contributed by atoms with E-state index in [2.05, 4.69) is 15.6 Å². The lowest BCUT2D eigenvalue weighted by Crippen LogP contribution is -2.30. The Kier molecular flexibility index (Phi) is 5.66. The van der Waals surface area contributed by atoms with Crippen LogP contribution in [0.1, 0.15) is 11.1 Å². The number of hydrogen-bond donors (Lipinski definition) is 2. The third-order valence-corrected chi connectivity index (χ3v) is 4.86. The summed E-state index contributed by atoms with van der Waals surface area (Å²) in [6.07, 6.45) is 0. The maximum atomic E-state index is 12.8. The molecule has 7 heteroatoms. The monoisotopic (exact) mass is 414 g/mol. The molecule has 1 heterocycles. The third kappa shape index (κ3) is 4.56. The molecular weight excluding hydrogens is 392 g/mol. The van der Waals surface area contributed by atoms with E-state index in [-0.39, 0.29) is 6.54 Å². The first-order valence-electron chi connectivity index (χ1n) is 9.80. The Morgan fingerprint density at radius 3 is 2.61 bits per heavy atom. The maximum Gasteiger partial charge on any atom is 0.350 e. The largest absolute Gasteiger partial charge is 0.497 e. The standard InChI is InChI=1S/C24H22N4O3/c1-16-7-5-9-18(13-16)25-23(29)27-22-20-11-3-4-12-21(20)26-24(30)28(22)15-17-8-6-10-19(14-17)31-2/h3-14H,15H2,1-2H3,(H2,25,27,29). The molecule has 0 fully saturated rings. The molecule has 1 aromatic heterocycles. The summed E-state index contributed by atoms with van der Waals surface area (Å²) in [7, 11) is 1.59. The lowest BCUT2D eigenvalue weighted by Gasteiger charge is -2.17. The van der Waals surface area contributed by atoms with Crippen molar-refractivity contribution in [2.75, 3.05) is 17.7 Å². The molecule has 0 spiro atoms. The van der Waals surface area contributed by atoms with Gasteiger partial charge in [-0.25, -0.2) is 9.59 Å². The number of anilines is 2. The molecule has 2 amide bonds. The second-order valence-electron chi connectivity index (χ2n) is 7.15. The Balaban J connectivity index is 1.73. The van der Waals surface area contributed by atoms with E-state index < -0.39 is 11.7 Å². The number of nitrogens with zero attached hydrogens (tertiary/aromatic N) is 2.